The number of benzene rings is 2. The van der Waals surface area contributed by atoms with E-state index in [-0.39, 0.29) is 5.91 Å². The minimum Gasteiger partial charge on any atom is -0.495 e. The highest BCUT2D eigenvalue weighted by Gasteiger charge is 2.07. The Bertz CT molecular complexity index is 597. The van der Waals surface area contributed by atoms with Crippen LogP contribution in [0, 0.1) is 0 Å². The number of halogens is 1. The van der Waals surface area contributed by atoms with E-state index < -0.39 is 0 Å². The number of anilines is 2. The van der Waals surface area contributed by atoms with Crippen LogP contribution in [0.1, 0.15) is 10.4 Å². The van der Waals surface area contributed by atoms with E-state index in [0.29, 0.717) is 27.7 Å². The van der Waals surface area contributed by atoms with Crippen LogP contribution < -0.4 is 15.8 Å². The van der Waals surface area contributed by atoms with E-state index in [9.17, 15) is 4.79 Å². The van der Waals surface area contributed by atoms with E-state index in [4.69, 9.17) is 22.1 Å². The van der Waals surface area contributed by atoms with Gasteiger partial charge in [-0.3, -0.25) is 4.79 Å². The summed E-state index contributed by atoms with van der Waals surface area (Å²) in [5, 5.41) is 3.25. The summed E-state index contributed by atoms with van der Waals surface area (Å²) in [4.78, 5) is 12.0. The first-order valence-corrected chi connectivity index (χ1v) is 5.98. The maximum atomic E-state index is 12.0. The molecule has 2 aromatic carbocycles. The zero-order valence-corrected chi connectivity index (χ0v) is 11.1. The molecule has 0 spiro atoms. The molecule has 0 saturated heterocycles. The Kier molecular flexibility index (Phi) is 3.92. The third-order valence-corrected chi connectivity index (χ3v) is 2.89. The molecule has 1 amide bonds. The van der Waals surface area contributed by atoms with Crippen molar-refractivity contribution < 1.29 is 9.53 Å². The maximum Gasteiger partial charge on any atom is 0.255 e. The van der Waals surface area contributed by atoms with Crippen molar-refractivity contribution in [2.45, 2.75) is 0 Å². The number of hydrogen-bond donors (Lipinski definition) is 2. The molecule has 0 aliphatic heterocycles. The standard InChI is InChI=1S/C14H13ClN2O2/c1-19-13-8-11(6-7-12(13)15)17-14(18)9-2-4-10(16)5-3-9/h2-8H,16H2,1H3,(H,17,18). The molecule has 98 valence electrons. The molecule has 2 aromatic rings. The molecule has 0 aromatic heterocycles. The minimum absolute atomic E-state index is 0.218. The van der Waals surface area contributed by atoms with Crippen molar-refractivity contribution in [1.29, 1.82) is 0 Å². The van der Waals surface area contributed by atoms with Gasteiger partial charge in [-0.1, -0.05) is 11.6 Å². The van der Waals surface area contributed by atoms with Gasteiger partial charge >= 0.3 is 0 Å². The zero-order chi connectivity index (χ0) is 13.8. The van der Waals surface area contributed by atoms with Crippen LogP contribution in [0.2, 0.25) is 5.02 Å². The van der Waals surface area contributed by atoms with E-state index in [1.165, 1.54) is 7.11 Å². The molecular formula is C14H13ClN2O2. The molecule has 0 heterocycles. The Hall–Kier alpha value is -2.20. The highest BCUT2D eigenvalue weighted by molar-refractivity contribution is 6.32. The SMILES string of the molecule is COc1cc(NC(=O)c2ccc(N)cc2)ccc1Cl. The first-order valence-electron chi connectivity index (χ1n) is 5.60. The van der Waals surface area contributed by atoms with Crippen molar-refractivity contribution in [3.8, 4) is 5.75 Å². The van der Waals surface area contributed by atoms with Crippen LogP contribution >= 0.6 is 11.6 Å². The molecule has 0 aliphatic carbocycles. The monoisotopic (exact) mass is 276 g/mol. The van der Waals surface area contributed by atoms with Gasteiger partial charge in [0, 0.05) is 23.0 Å². The van der Waals surface area contributed by atoms with Crippen LogP contribution in [0.5, 0.6) is 5.75 Å². The van der Waals surface area contributed by atoms with Crippen LogP contribution in [0.25, 0.3) is 0 Å². The molecule has 2 rings (SSSR count). The third kappa shape index (κ3) is 3.17. The first-order chi connectivity index (χ1) is 9.10. The lowest BCUT2D eigenvalue weighted by atomic mass is 10.2. The van der Waals surface area contributed by atoms with E-state index in [2.05, 4.69) is 5.32 Å². The average molecular weight is 277 g/mol. The largest absolute Gasteiger partial charge is 0.495 e. The molecule has 0 saturated carbocycles. The first kappa shape index (κ1) is 13.2. The number of amides is 1. The number of carbonyl (C=O) groups is 1. The summed E-state index contributed by atoms with van der Waals surface area (Å²) in [6.45, 7) is 0. The number of nitrogen functional groups attached to an aromatic ring is 1. The molecule has 0 aliphatic rings. The summed E-state index contributed by atoms with van der Waals surface area (Å²) in [5.41, 5.74) is 7.33. The molecule has 0 radical (unpaired) electrons. The van der Waals surface area contributed by atoms with Gasteiger partial charge in [0.05, 0.1) is 12.1 Å². The average Bonchev–Trinajstić information content (AvgIpc) is 2.41. The molecule has 0 bridgehead atoms. The normalized spacial score (nSPS) is 10.0. The number of carbonyl (C=O) groups excluding carboxylic acids is 1. The quantitative estimate of drug-likeness (QED) is 0.846. The van der Waals surface area contributed by atoms with Crippen molar-refractivity contribution in [2.24, 2.45) is 0 Å². The van der Waals surface area contributed by atoms with E-state index in [1.807, 2.05) is 0 Å². The van der Waals surface area contributed by atoms with Gasteiger partial charge in [-0.2, -0.15) is 0 Å². The summed E-state index contributed by atoms with van der Waals surface area (Å²) >= 11 is 5.92. The van der Waals surface area contributed by atoms with Crippen LogP contribution in [0.4, 0.5) is 11.4 Å². The molecule has 0 unspecified atom stereocenters. The highest BCUT2D eigenvalue weighted by Crippen LogP contribution is 2.27. The van der Waals surface area contributed by atoms with Crippen molar-refractivity contribution >= 4 is 28.9 Å². The van der Waals surface area contributed by atoms with E-state index >= 15 is 0 Å². The van der Waals surface area contributed by atoms with Crippen LogP contribution in [0.15, 0.2) is 42.5 Å². The molecule has 0 fully saturated rings. The summed E-state index contributed by atoms with van der Waals surface area (Å²) in [7, 11) is 1.52. The smallest absolute Gasteiger partial charge is 0.255 e. The number of nitrogens with two attached hydrogens (primary N) is 1. The number of rotatable bonds is 3. The molecule has 0 atom stereocenters. The van der Waals surface area contributed by atoms with Gasteiger partial charge in [0.15, 0.2) is 0 Å². The third-order valence-electron chi connectivity index (χ3n) is 2.58. The zero-order valence-electron chi connectivity index (χ0n) is 10.3. The maximum absolute atomic E-state index is 12.0. The number of nitrogens with one attached hydrogen (secondary N) is 1. The van der Waals surface area contributed by atoms with Crippen LogP contribution in [0.3, 0.4) is 0 Å². The number of methoxy groups -OCH3 is 1. The van der Waals surface area contributed by atoms with Crippen molar-refractivity contribution in [3.05, 3.63) is 53.1 Å². The lowest BCUT2D eigenvalue weighted by Gasteiger charge is -2.08. The Morgan fingerprint density at radius 1 is 1.21 bits per heavy atom. The topological polar surface area (TPSA) is 64.3 Å². The summed E-state index contributed by atoms with van der Waals surface area (Å²) in [6, 6.07) is 11.7. The van der Waals surface area contributed by atoms with Gasteiger partial charge in [-0.05, 0) is 36.4 Å². The second-order valence-electron chi connectivity index (χ2n) is 3.93. The van der Waals surface area contributed by atoms with Gasteiger partial charge in [-0.15, -0.1) is 0 Å². The fraction of sp³-hybridized carbons (Fsp3) is 0.0714. The fourth-order valence-corrected chi connectivity index (χ4v) is 1.77. The second-order valence-corrected chi connectivity index (χ2v) is 4.33. The predicted molar refractivity (Wildman–Crippen MR) is 76.8 cm³/mol. The highest BCUT2D eigenvalue weighted by atomic mass is 35.5. The van der Waals surface area contributed by atoms with Gasteiger partial charge < -0.3 is 15.8 Å². The molecule has 19 heavy (non-hydrogen) atoms. The Morgan fingerprint density at radius 2 is 1.89 bits per heavy atom. The van der Waals surface area contributed by atoms with Gasteiger partial charge in [0.1, 0.15) is 5.75 Å². The summed E-state index contributed by atoms with van der Waals surface area (Å²) in [5.74, 6) is 0.293. The van der Waals surface area contributed by atoms with Gasteiger partial charge in [-0.25, -0.2) is 0 Å². The lowest BCUT2D eigenvalue weighted by Crippen LogP contribution is -2.11. The Balaban J connectivity index is 2.17. The van der Waals surface area contributed by atoms with Crippen molar-refractivity contribution in [1.82, 2.24) is 0 Å². The summed E-state index contributed by atoms with van der Waals surface area (Å²) in [6.07, 6.45) is 0. The van der Waals surface area contributed by atoms with Crippen molar-refractivity contribution in [3.63, 3.8) is 0 Å². The number of ether oxygens (including phenoxy) is 1. The van der Waals surface area contributed by atoms with Crippen LogP contribution in [-0.4, -0.2) is 13.0 Å². The fourth-order valence-electron chi connectivity index (χ4n) is 1.58. The molecular weight excluding hydrogens is 264 g/mol. The molecule has 5 heteroatoms. The molecule has 3 N–H and O–H groups in total. The van der Waals surface area contributed by atoms with E-state index in [0.717, 1.165) is 0 Å². The number of hydrogen-bond acceptors (Lipinski definition) is 3. The predicted octanol–water partition coefficient (Wildman–Crippen LogP) is 3.18. The molecule has 4 nitrogen and oxygen atoms in total. The Morgan fingerprint density at radius 3 is 2.53 bits per heavy atom. The van der Waals surface area contributed by atoms with Crippen molar-refractivity contribution in [2.75, 3.05) is 18.2 Å². The summed E-state index contributed by atoms with van der Waals surface area (Å²) < 4.78 is 5.09. The minimum atomic E-state index is -0.218. The van der Waals surface area contributed by atoms with Crippen LogP contribution in [-0.2, 0) is 0 Å². The van der Waals surface area contributed by atoms with Gasteiger partial charge in [0.25, 0.3) is 5.91 Å². The van der Waals surface area contributed by atoms with Gasteiger partial charge in [0.2, 0.25) is 0 Å². The van der Waals surface area contributed by atoms with E-state index in [1.54, 1.807) is 42.5 Å². The second kappa shape index (κ2) is 5.63. The lowest BCUT2D eigenvalue weighted by molar-refractivity contribution is 0.102. The Labute approximate surface area is 116 Å².